The monoisotopic (exact) mass is 1110 g/mol. The number of nitrogens with zero attached hydrogens (tertiary/aromatic N) is 3. The first-order chi connectivity index (χ1) is 41.7. The third-order valence-electron chi connectivity index (χ3n) is 24.6. The van der Waals surface area contributed by atoms with Crippen LogP contribution in [0.1, 0.15) is 141 Å². The molecular weight excluding hydrogens is 1040 g/mol. The summed E-state index contributed by atoms with van der Waals surface area (Å²) in [6, 6.07) is 69.4. The van der Waals surface area contributed by atoms with Crippen LogP contribution in [-0.4, -0.2) is 11.3 Å². The Hall–Kier alpha value is -7.56. The van der Waals surface area contributed by atoms with E-state index in [4.69, 9.17) is 0 Å². The second kappa shape index (κ2) is 16.7. The number of hydrogen-bond donors (Lipinski definition) is 0. The van der Waals surface area contributed by atoms with E-state index in [2.05, 4.69) is 226 Å². The molecule has 0 spiro atoms. The molecule has 8 bridgehead atoms. The second-order valence-electron chi connectivity index (χ2n) is 31.8. The first-order valence-corrected chi connectivity index (χ1v) is 33.3. The van der Waals surface area contributed by atoms with Crippen molar-refractivity contribution in [3.05, 3.63) is 192 Å². The van der Waals surface area contributed by atoms with Gasteiger partial charge >= 0.3 is 0 Å². The van der Waals surface area contributed by atoms with Crippen LogP contribution in [0.15, 0.2) is 170 Å². The van der Waals surface area contributed by atoms with Gasteiger partial charge in [0.25, 0.3) is 6.71 Å². The molecule has 8 saturated carbocycles. The lowest BCUT2D eigenvalue weighted by atomic mass is 9.33. The highest BCUT2D eigenvalue weighted by Crippen LogP contribution is 2.63. The van der Waals surface area contributed by atoms with Gasteiger partial charge in [0.15, 0.2) is 0 Å². The summed E-state index contributed by atoms with van der Waals surface area (Å²) >= 11 is 0. The molecule has 11 aromatic rings. The van der Waals surface area contributed by atoms with Crippen molar-refractivity contribution in [3.63, 3.8) is 0 Å². The molecule has 0 radical (unpaired) electrons. The van der Waals surface area contributed by atoms with Crippen molar-refractivity contribution < 1.29 is 0 Å². The Balaban J connectivity index is 0.897. The Labute approximate surface area is 507 Å². The van der Waals surface area contributed by atoms with Crippen LogP contribution in [0.2, 0.25) is 0 Å². The molecule has 1 aromatic heterocycles. The average Bonchev–Trinajstić information content (AvgIpc) is 1.28. The highest BCUT2D eigenvalue weighted by molar-refractivity contribution is 7.00. The predicted molar refractivity (Wildman–Crippen MR) is 363 cm³/mol. The number of benzene rings is 10. The highest BCUT2D eigenvalue weighted by Gasteiger charge is 2.54. The Morgan fingerprint density at radius 2 is 0.779 bits per heavy atom. The smallest absolute Gasteiger partial charge is 0.252 e. The molecule has 422 valence electrons. The van der Waals surface area contributed by atoms with E-state index in [9.17, 15) is 0 Å². The zero-order valence-electron chi connectivity index (χ0n) is 51.0. The molecule has 4 heteroatoms. The van der Waals surface area contributed by atoms with Gasteiger partial charge in [-0.15, -0.1) is 0 Å². The first kappa shape index (κ1) is 49.5. The zero-order valence-corrected chi connectivity index (χ0v) is 51.0. The molecular formula is C82H76BN3. The van der Waals surface area contributed by atoms with Crippen LogP contribution in [0.25, 0.3) is 70.9 Å². The standard InChI is InChI=1S/C82H76BN3/c1-79(2,3)56-17-23-60(24-18-56)84-67-29-21-58(80(4,5)6)37-65(67)83-66-38-59(82-44-50-34-51(45-82)36-52(35-50)46-82)22-30-68(66)85(61-25-19-57(20-26-61)81-41-47-31-48(42-81)33-49(32-47)43-81)72-40-62(39-71(84)78(72)83)86-69-27-15-54-10-8-12-64-63-11-7-9-53-13-14-55-16-28-70(86)77(75(55)73(53)63)76(69)74(54)64/h7-30,37-40,47-52H,31-36,41-46H2,1-6H3. The Morgan fingerprint density at radius 3 is 1.30 bits per heavy atom. The van der Waals surface area contributed by atoms with Gasteiger partial charge in [0.1, 0.15) is 0 Å². The van der Waals surface area contributed by atoms with E-state index in [1.54, 1.807) is 11.1 Å². The van der Waals surface area contributed by atoms with E-state index in [0.717, 1.165) is 35.5 Å². The summed E-state index contributed by atoms with van der Waals surface area (Å²) in [7, 11) is 0. The molecule has 0 unspecified atom stereocenters. The Bertz CT molecular complexity index is 4740. The fraction of sp³-hybridized carbons (Fsp3) is 0.341. The first-order valence-electron chi connectivity index (χ1n) is 33.3. The van der Waals surface area contributed by atoms with Gasteiger partial charge in [-0.05, 0) is 272 Å². The van der Waals surface area contributed by atoms with Crippen molar-refractivity contribution in [2.75, 3.05) is 9.80 Å². The number of anilines is 6. The average molecular weight is 1110 g/mol. The molecule has 0 saturated heterocycles. The van der Waals surface area contributed by atoms with Gasteiger partial charge in [-0.1, -0.05) is 151 Å². The fourth-order valence-corrected chi connectivity index (χ4v) is 21.8. The minimum atomic E-state index is -0.0381. The van der Waals surface area contributed by atoms with Gasteiger partial charge in [0.2, 0.25) is 0 Å². The maximum absolute atomic E-state index is 2.81. The molecule has 9 aliphatic carbocycles. The van der Waals surface area contributed by atoms with Gasteiger partial charge in [0, 0.05) is 50.3 Å². The summed E-state index contributed by atoms with van der Waals surface area (Å²) in [6.07, 6.45) is 16.9. The molecule has 0 N–H and O–H groups in total. The third kappa shape index (κ3) is 6.67. The van der Waals surface area contributed by atoms with Crippen molar-refractivity contribution in [1.82, 2.24) is 4.57 Å². The lowest BCUT2D eigenvalue weighted by Crippen LogP contribution is -2.62. The molecule has 0 amide bonds. The van der Waals surface area contributed by atoms with Gasteiger partial charge in [-0.2, -0.15) is 0 Å². The maximum atomic E-state index is 2.81. The lowest BCUT2D eigenvalue weighted by molar-refractivity contribution is -0.00528. The number of hydrogen-bond acceptors (Lipinski definition) is 2. The number of rotatable bonds is 5. The van der Waals surface area contributed by atoms with Gasteiger partial charge < -0.3 is 14.4 Å². The summed E-state index contributed by atoms with van der Waals surface area (Å²) in [5.74, 6) is 5.31. The number of aromatic nitrogens is 1. The van der Waals surface area contributed by atoms with Crippen LogP contribution in [0.3, 0.4) is 0 Å². The largest absolute Gasteiger partial charge is 0.311 e. The van der Waals surface area contributed by atoms with Crippen LogP contribution in [0, 0.1) is 35.5 Å². The van der Waals surface area contributed by atoms with E-state index in [-0.39, 0.29) is 23.0 Å². The van der Waals surface area contributed by atoms with Crippen LogP contribution in [-0.2, 0) is 21.7 Å². The fourth-order valence-electron chi connectivity index (χ4n) is 21.8. The normalized spacial score (nSPS) is 26.2. The van der Waals surface area contributed by atoms with Crippen LogP contribution in [0.4, 0.5) is 34.1 Å². The quantitative estimate of drug-likeness (QED) is 0.126. The van der Waals surface area contributed by atoms with Gasteiger partial charge in [0.05, 0.1) is 16.7 Å². The van der Waals surface area contributed by atoms with Crippen molar-refractivity contribution in [1.29, 1.82) is 0 Å². The summed E-state index contributed by atoms with van der Waals surface area (Å²) in [5.41, 5.74) is 24.9. The Kier molecular flexibility index (Phi) is 9.64. The summed E-state index contributed by atoms with van der Waals surface area (Å²) < 4.78 is 2.68. The van der Waals surface area contributed by atoms with E-state index in [0.29, 0.717) is 5.41 Å². The molecule has 2 aliphatic heterocycles. The Morgan fingerprint density at radius 1 is 0.360 bits per heavy atom. The van der Waals surface area contributed by atoms with E-state index < -0.39 is 0 Å². The van der Waals surface area contributed by atoms with Crippen LogP contribution < -0.4 is 26.2 Å². The van der Waals surface area contributed by atoms with E-state index in [1.807, 2.05) is 0 Å². The van der Waals surface area contributed by atoms with E-state index in [1.165, 1.54) is 210 Å². The topological polar surface area (TPSA) is 11.4 Å². The van der Waals surface area contributed by atoms with Crippen molar-refractivity contribution in [2.45, 2.75) is 140 Å². The molecule has 8 fully saturated rings. The summed E-state index contributed by atoms with van der Waals surface area (Å²) in [5, 5.41) is 10.7. The third-order valence-corrected chi connectivity index (χ3v) is 24.6. The molecule has 11 aliphatic rings. The van der Waals surface area contributed by atoms with Gasteiger partial charge in [-0.3, -0.25) is 0 Å². The van der Waals surface area contributed by atoms with Crippen molar-refractivity contribution in [3.8, 4) is 16.8 Å². The van der Waals surface area contributed by atoms with Gasteiger partial charge in [-0.25, -0.2) is 0 Å². The minimum absolute atomic E-state index is 0.0202. The number of fused-ring (bicyclic) bond motifs is 5. The SMILES string of the molecule is CC(C)(C)c1ccc(N2c3ccc(C(C)(C)C)cc3B3c4cc(C56CC7CC(CC(C7)C5)C6)ccc4N(c4ccc(C56CC7CC(CC(C7)C5)C6)cc4)c4cc(-n5c6ccc7cccc8c7c6c6c7c(ccc9cccc-8c97)ccc65)cc2c43)cc1. The summed E-state index contributed by atoms with van der Waals surface area (Å²) in [6.45, 7) is 14.3. The zero-order chi connectivity index (χ0) is 57.1. The molecule has 0 atom stereocenters. The van der Waals surface area contributed by atoms with Crippen molar-refractivity contribution in [2.24, 2.45) is 35.5 Å². The maximum Gasteiger partial charge on any atom is 0.252 e. The molecule has 3 nitrogen and oxygen atoms in total. The lowest BCUT2D eigenvalue weighted by Gasteiger charge is -2.57. The molecule has 22 rings (SSSR count). The van der Waals surface area contributed by atoms with Crippen LogP contribution in [0.5, 0.6) is 0 Å². The van der Waals surface area contributed by atoms with E-state index >= 15 is 0 Å². The summed E-state index contributed by atoms with van der Waals surface area (Å²) in [4.78, 5) is 5.45. The molecule has 10 aromatic carbocycles. The second-order valence-corrected chi connectivity index (χ2v) is 31.8. The molecule has 3 heterocycles. The van der Waals surface area contributed by atoms with Crippen molar-refractivity contribution >= 4 is 111 Å². The minimum Gasteiger partial charge on any atom is -0.311 e. The molecule has 86 heavy (non-hydrogen) atoms. The highest BCUT2D eigenvalue weighted by atomic mass is 15.2. The predicted octanol–water partition coefficient (Wildman–Crippen LogP) is 19.8. The van der Waals surface area contributed by atoms with Crippen LogP contribution >= 0.6 is 0 Å².